The molecular weight excluding hydrogens is 475 g/mol. The molecule has 0 aliphatic carbocycles. The average molecular weight is 495 g/mol. The number of fused-ring (bicyclic) bond motifs is 1. The Morgan fingerprint density at radius 1 is 1.03 bits per heavy atom. The molecule has 0 saturated heterocycles. The first-order valence-electron chi connectivity index (χ1n) is 10.1. The van der Waals surface area contributed by atoms with Crippen LogP contribution < -0.4 is 10.9 Å². The smallest absolute Gasteiger partial charge is 0.269 e. The molecule has 2 aromatic carbocycles. The van der Waals surface area contributed by atoms with Gasteiger partial charge < -0.3 is 4.98 Å². The molecule has 0 bridgehead atoms. The van der Waals surface area contributed by atoms with E-state index in [1.54, 1.807) is 36.5 Å². The summed E-state index contributed by atoms with van der Waals surface area (Å²) in [6.45, 7) is 0. The van der Waals surface area contributed by atoms with Crippen molar-refractivity contribution in [2.45, 2.75) is 19.3 Å². The molecule has 0 aliphatic heterocycles. The lowest BCUT2D eigenvalue weighted by Gasteiger charge is -2.08. The van der Waals surface area contributed by atoms with Gasteiger partial charge in [0, 0.05) is 33.6 Å². The highest BCUT2D eigenvalue weighted by molar-refractivity contribution is 9.10. The van der Waals surface area contributed by atoms with E-state index in [0.717, 1.165) is 32.3 Å². The molecule has 3 N–H and O–H groups in total. The fraction of sp³-hybridized carbons (Fsp3) is 0.125. The van der Waals surface area contributed by atoms with Gasteiger partial charge in [0.25, 0.3) is 5.91 Å². The van der Waals surface area contributed by atoms with Crippen molar-refractivity contribution in [3.63, 3.8) is 0 Å². The number of hydrazine groups is 1. The Bertz CT molecular complexity index is 1260. The fourth-order valence-corrected chi connectivity index (χ4v) is 3.76. The first-order chi connectivity index (χ1) is 15.5. The lowest BCUT2D eigenvalue weighted by molar-refractivity contribution is -0.121. The highest BCUT2D eigenvalue weighted by Crippen LogP contribution is 2.31. The SMILES string of the molecule is O=C(CCCc1c(-c2ccccn2)[nH]c2ccc(F)cc12)NNC(=O)c1ccc(Br)cc1. The quantitative estimate of drug-likeness (QED) is 0.332. The molecule has 0 aliphatic rings. The summed E-state index contributed by atoms with van der Waals surface area (Å²) < 4.78 is 14.7. The number of nitrogens with one attached hydrogen (secondary N) is 3. The summed E-state index contributed by atoms with van der Waals surface area (Å²) in [5, 5.41) is 0.773. The van der Waals surface area contributed by atoms with E-state index in [2.05, 4.69) is 36.7 Å². The van der Waals surface area contributed by atoms with Gasteiger partial charge in [0.1, 0.15) is 5.82 Å². The summed E-state index contributed by atoms with van der Waals surface area (Å²) in [6, 6.07) is 17.0. The Labute approximate surface area is 192 Å². The van der Waals surface area contributed by atoms with Crippen molar-refractivity contribution in [1.82, 2.24) is 20.8 Å². The molecule has 2 aromatic heterocycles. The molecule has 6 nitrogen and oxygen atoms in total. The number of halogens is 2. The molecule has 4 rings (SSSR count). The zero-order chi connectivity index (χ0) is 22.5. The van der Waals surface area contributed by atoms with Crippen LogP contribution in [0.3, 0.4) is 0 Å². The van der Waals surface area contributed by atoms with Crippen molar-refractivity contribution in [3.05, 3.63) is 88.3 Å². The van der Waals surface area contributed by atoms with Crippen LogP contribution in [-0.2, 0) is 11.2 Å². The monoisotopic (exact) mass is 494 g/mol. The van der Waals surface area contributed by atoms with Gasteiger partial charge in [-0.25, -0.2) is 4.39 Å². The molecule has 0 spiro atoms. The minimum absolute atomic E-state index is 0.199. The number of rotatable bonds is 6. The number of H-pyrrole nitrogens is 1. The van der Waals surface area contributed by atoms with Crippen molar-refractivity contribution in [2.24, 2.45) is 0 Å². The zero-order valence-electron chi connectivity index (χ0n) is 17.0. The van der Waals surface area contributed by atoms with Crippen LogP contribution in [0.2, 0.25) is 0 Å². The molecule has 0 fully saturated rings. The third kappa shape index (κ3) is 5.03. The molecule has 0 unspecified atom stereocenters. The van der Waals surface area contributed by atoms with Crippen molar-refractivity contribution in [2.75, 3.05) is 0 Å². The molecule has 2 heterocycles. The molecule has 2 amide bonds. The molecular formula is C24H20BrFN4O2. The first kappa shape index (κ1) is 21.7. The Balaban J connectivity index is 1.40. The van der Waals surface area contributed by atoms with E-state index in [1.807, 2.05) is 18.2 Å². The van der Waals surface area contributed by atoms with E-state index in [9.17, 15) is 14.0 Å². The number of hydrogen-bond acceptors (Lipinski definition) is 3. The summed E-state index contributed by atoms with van der Waals surface area (Å²) in [7, 11) is 0. The normalized spacial score (nSPS) is 10.8. The van der Waals surface area contributed by atoms with Crippen LogP contribution in [0, 0.1) is 5.82 Å². The second kappa shape index (κ2) is 9.74. The van der Waals surface area contributed by atoms with Gasteiger partial charge in [0.2, 0.25) is 5.91 Å². The number of aryl methyl sites for hydroxylation is 1. The molecule has 0 atom stereocenters. The van der Waals surface area contributed by atoms with Crippen molar-refractivity contribution in [1.29, 1.82) is 0 Å². The Hall–Kier alpha value is -3.52. The Morgan fingerprint density at radius 2 is 1.84 bits per heavy atom. The molecule has 8 heteroatoms. The van der Waals surface area contributed by atoms with Gasteiger partial charge in [-0.1, -0.05) is 22.0 Å². The lowest BCUT2D eigenvalue weighted by Crippen LogP contribution is -2.41. The number of aromatic nitrogens is 2. The second-order valence-electron chi connectivity index (χ2n) is 7.25. The predicted molar refractivity (Wildman–Crippen MR) is 124 cm³/mol. The average Bonchev–Trinajstić information content (AvgIpc) is 3.16. The largest absolute Gasteiger partial charge is 0.353 e. The Morgan fingerprint density at radius 3 is 2.59 bits per heavy atom. The van der Waals surface area contributed by atoms with Gasteiger partial charge in [0.15, 0.2) is 0 Å². The summed E-state index contributed by atoms with van der Waals surface area (Å²) in [6.07, 6.45) is 2.96. The number of hydrogen-bond donors (Lipinski definition) is 3. The van der Waals surface area contributed by atoms with Crippen LogP contribution >= 0.6 is 15.9 Å². The van der Waals surface area contributed by atoms with E-state index in [1.165, 1.54) is 12.1 Å². The lowest BCUT2D eigenvalue weighted by atomic mass is 10.0. The number of amides is 2. The topological polar surface area (TPSA) is 86.9 Å². The zero-order valence-corrected chi connectivity index (χ0v) is 18.6. The fourth-order valence-electron chi connectivity index (χ4n) is 3.50. The van der Waals surface area contributed by atoms with Gasteiger partial charge >= 0.3 is 0 Å². The van der Waals surface area contributed by atoms with Crippen LogP contribution in [0.5, 0.6) is 0 Å². The standard InChI is InChI=1S/C24H20BrFN4O2/c25-16-9-7-15(8-10-16)24(32)30-29-22(31)6-3-4-18-19-14-17(26)11-12-20(19)28-23(18)21-5-1-2-13-27-21/h1-2,5,7-14,28H,3-4,6H2,(H,29,31)(H,30,32). The number of benzene rings is 2. The van der Waals surface area contributed by atoms with Crippen molar-refractivity contribution >= 4 is 38.6 Å². The second-order valence-corrected chi connectivity index (χ2v) is 8.16. The van der Waals surface area contributed by atoms with E-state index >= 15 is 0 Å². The maximum Gasteiger partial charge on any atom is 0.269 e. The number of carbonyl (C=O) groups excluding carboxylic acids is 2. The minimum atomic E-state index is -0.393. The molecule has 162 valence electrons. The van der Waals surface area contributed by atoms with Gasteiger partial charge in [-0.2, -0.15) is 0 Å². The summed E-state index contributed by atoms with van der Waals surface area (Å²) in [4.78, 5) is 32.1. The minimum Gasteiger partial charge on any atom is -0.353 e. The number of aromatic amines is 1. The van der Waals surface area contributed by atoms with Gasteiger partial charge in [-0.3, -0.25) is 25.4 Å². The third-order valence-corrected chi connectivity index (χ3v) is 5.57. The van der Waals surface area contributed by atoms with Crippen molar-refractivity contribution < 1.29 is 14.0 Å². The highest BCUT2D eigenvalue weighted by atomic mass is 79.9. The molecule has 4 aromatic rings. The van der Waals surface area contributed by atoms with Gasteiger partial charge in [-0.05, 0) is 73.0 Å². The number of carbonyl (C=O) groups is 2. The maximum atomic E-state index is 13.9. The van der Waals surface area contributed by atoms with Crippen LogP contribution in [-0.4, -0.2) is 21.8 Å². The van der Waals surface area contributed by atoms with E-state index in [0.29, 0.717) is 18.4 Å². The van der Waals surface area contributed by atoms with Crippen LogP contribution in [0.1, 0.15) is 28.8 Å². The van der Waals surface area contributed by atoms with Crippen LogP contribution in [0.25, 0.3) is 22.3 Å². The predicted octanol–water partition coefficient (Wildman–Crippen LogP) is 4.92. The summed E-state index contributed by atoms with van der Waals surface area (Å²) >= 11 is 3.31. The first-order valence-corrected chi connectivity index (χ1v) is 10.9. The molecule has 0 saturated carbocycles. The van der Waals surface area contributed by atoms with Gasteiger partial charge in [-0.15, -0.1) is 0 Å². The summed E-state index contributed by atoms with van der Waals surface area (Å²) in [5.41, 5.74) is 8.58. The maximum absolute atomic E-state index is 13.9. The molecule has 32 heavy (non-hydrogen) atoms. The van der Waals surface area contributed by atoms with E-state index < -0.39 is 5.91 Å². The van der Waals surface area contributed by atoms with E-state index in [4.69, 9.17) is 0 Å². The molecule has 0 radical (unpaired) electrons. The van der Waals surface area contributed by atoms with Crippen LogP contribution in [0.4, 0.5) is 4.39 Å². The van der Waals surface area contributed by atoms with Gasteiger partial charge in [0.05, 0.1) is 11.4 Å². The van der Waals surface area contributed by atoms with Crippen LogP contribution in [0.15, 0.2) is 71.3 Å². The number of nitrogens with zero attached hydrogens (tertiary/aromatic N) is 1. The third-order valence-electron chi connectivity index (χ3n) is 5.04. The highest BCUT2D eigenvalue weighted by Gasteiger charge is 2.15. The Kier molecular flexibility index (Phi) is 6.61. The number of pyridine rings is 1. The summed E-state index contributed by atoms with van der Waals surface area (Å²) in [5.74, 6) is -1.02. The van der Waals surface area contributed by atoms with Crippen molar-refractivity contribution in [3.8, 4) is 11.4 Å². The van der Waals surface area contributed by atoms with E-state index in [-0.39, 0.29) is 18.1 Å².